The van der Waals surface area contributed by atoms with E-state index in [-0.39, 0.29) is 0 Å². The van der Waals surface area contributed by atoms with Crippen LogP contribution in [0.15, 0.2) is 77.3 Å². The van der Waals surface area contributed by atoms with Crippen LogP contribution in [0.4, 0.5) is 5.69 Å². The molecule has 0 amide bonds. The molecular weight excluding hydrogens is 436 g/mol. The molecule has 0 unspecified atom stereocenters. The molecule has 0 radical (unpaired) electrons. The molecule has 4 nitrogen and oxygen atoms in total. The number of halogens is 1. The van der Waals surface area contributed by atoms with Crippen LogP contribution in [0.2, 0.25) is 0 Å². The highest BCUT2D eigenvalue weighted by molar-refractivity contribution is 9.10. The van der Waals surface area contributed by atoms with Crippen molar-refractivity contribution in [1.29, 1.82) is 0 Å². The number of anilines is 1. The Labute approximate surface area is 175 Å². The molecule has 0 heterocycles. The molecule has 146 valence electrons. The summed E-state index contributed by atoms with van der Waals surface area (Å²) < 4.78 is 27.4. The SMILES string of the molecule is CS(=O)(=O)Nc1cccc(Cc2ccccc2)c1CNCc1ccccc1Br. The molecule has 3 rings (SSSR count). The molecule has 0 saturated carbocycles. The van der Waals surface area contributed by atoms with Gasteiger partial charge in [0, 0.05) is 17.6 Å². The van der Waals surface area contributed by atoms with Crippen LogP contribution in [0.1, 0.15) is 22.3 Å². The molecule has 0 bridgehead atoms. The van der Waals surface area contributed by atoms with E-state index in [9.17, 15) is 8.42 Å². The molecule has 3 aromatic carbocycles. The fraction of sp³-hybridized carbons (Fsp3) is 0.182. The van der Waals surface area contributed by atoms with Gasteiger partial charge in [-0.2, -0.15) is 0 Å². The minimum absolute atomic E-state index is 0.558. The summed E-state index contributed by atoms with van der Waals surface area (Å²) in [4.78, 5) is 0. The average molecular weight is 459 g/mol. The van der Waals surface area contributed by atoms with E-state index in [1.165, 1.54) is 11.8 Å². The van der Waals surface area contributed by atoms with Crippen molar-refractivity contribution < 1.29 is 8.42 Å². The Morgan fingerprint density at radius 3 is 2.21 bits per heavy atom. The highest BCUT2D eigenvalue weighted by Gasteiger charge is 2.12. The molecule has 0 fully saturated rings. The van der Waals surface area contributed by atoms with Crippen LogP contribution < -0.4 is 10.0 Å². The zero-order valence-electron chi connectivity index (χ0n) is 15.7. The molecule has 0 atom stereocenters. The Kier molecular flexibility index (Phi) is 6.88. The van der Waals surface area contributed by atoms with Crippen LogP contribution in [0, 0.1) is 0 Å². The van der Waals surface area contributed by atoms with E-state index in [2.05, 4.69) is 50.2 Å². The fourth-order valence-electron chi connectivity index (χ4n) is 3.08. The van der Waals surface area contributed by atoms with Gasteiger partial charge in [-0.3, -0.25) is 4.72 Å². The van der Waals surface area contributed by atoms with E-state index < -0.39 is 10.0 Å². The number of hydrogen-bond acceptors (Lipinski definition) is 3. The first-order chi connectivity index (χ1) is 13.4. The van der Waals surface area contributed by atoms with Crippen LogP contribution in [-0.4, -0.2) is 14.7 Å². The third-order valence-corrected chi connectivity index (χ3v) is 5.75. The summed E-state index contributed by atoms with van der Waals surface area (Å²) in [6.07, 6.45) is 1.92. The maximum atomic E-state index is 11.8. The lowest BCUT2D eigenvalue weighted by atomic mass is 9.98. The summed E-state index contributed by atoms with van der Waals surface area (Å²) in [5, 5.41) is 3.45. The maximum absolute atomic E-state index is 11.8. The summed E-state index contributed by atoms with van der Waals surface area (Å²) in [5.41, 5.74) is 5.02. The monoisotopic (exact) mass is 458 g/mol. The standard InChI is InChI=1S/C22H23BrN2O2S/c1-28(26,27)25-22-13-7-11-18(14-17-8-3-2-4-9-17)20(22)16-24-15-19-10-5-6-12-21(19)23/h2-13,24-25H,14-16H2,1H3. The molecule has 0 spiro atoms. The Bertz CT molecular complexity index is 1040. The van der Waals surface area contributed by atoms with Crippen molar-refractivity contribution in [1.82, 2.24) is 5.32 Å². The Morgan fingerprint density at radius 2 is 1.50 bits per heavy atom. The van der Waals surface area contributed by atoms with E-state index in [1.807, 2.05) is 48.5 Å². The van der Waals surface area contributed by atoms with Crippen LogP contribution in [0.25, 0.3) is 0 Å². The molecular formula is C22H23BrN2O2S. The van der Waals surface area contributed by atoms with Crippen LogP contribution in [0.3, 0.4) is 0 Å². The van der Waals surface area contributed by atoms with Gasteiger partial charge in [-0.1, -0.05) is 76.6 Å². The number of benzene rings is 3. The highest BCUT2D eigenvalue weighted by atomic mass is 79.9. The lowest BCUT2D eigenvalue weighted by Crippen LogP contribution is -2.18. The minimum Gasteiger partial charge on any atom is -0.308 e. The maximum Gasteiger partial charge on any atom is 0.229 e. The van der Waals surface area contributed by atoms with Gasteiger partial charge in [0.1, 0.15) is 0 Å². The van der Waals surface area contributed by atoms with Crippen molar-refractivity contribution in [3.8, 4) is 0 Å². The summed E-state index contributed by atoms with van der Waals surface area (Å²) in [6.45, 7) is 1.24. The molecule has 2 N–H and O–H groups in total. The molecule has 0 saturated heterocycles. The van der Waals surface area contributed by atoms with Crippen LogP contribution in [-0.2, 0) is 29.5 Å². The first kappa shape index (κ1) is 20.6. The Morgan fingerprint density at radius 1 is 0.821 bits per heavy atom. The van der Waals surface area contributed by atoms with E-state index in [0.717, 1.165) is 27.6 Å². The smallest absolute Gasteiger partial charge is 0.229 e. The van der Waals surface area contributed by atoms with E-state index >= 15 is 0 Å². The van der Waals surface area contributed by atoms with Gasteiger partial charge < -0.3 is 5.32 Å². The van der Waals surface area contributed by atoms with E-state index in [4.69, 9.17) is 0 Å². The van der Waals surface area contributed by atoms with Gasteiger partial charge >= 0.3 is 0 Å². The fourth-order valence-corrected chi connectivity index (χ4v) is 4.10. The third kappa shape index (κ3) is 5.92. The molecule has 3 aromatic rings. The van der Waals surface area contributed by atoms with E-state index in [0.29, 0.717) is 18.8 Å². The normalized spacial score (nSPS) is 11.4. The number of nitrogens with one attached hydrogen (secondary N) is 2. The van der Waals surface area contributed by atoms with Crippen molar-refractivity contribution in [3.05, 3.63) is 99.5 Å². The zero-order valence-corrected chi connectivity index (χ0v) is 18.1. The molecule has 6 heteroatoms. The molecule has 0 aromatic heterocycles. The molecule has 28 heavy (non-hydrogen) atoms. The Balaban J connectivity index is 1.85. The molecule has 0 aliphatic carbocycles. The summed E-state index contributed by atoms with van der Waals surface area (Å²) in [7, 11) is -3.36. The second-order valence-corrected chi connectivity index (χ2v) is 9.28. The van der Waals surface area contributed by atoms with Crippen LogP contribution >= 0.6 is 15.9 Å². The van der Waals surface area contributed by atoms with Crippen molar-refractivity contribution in [2.75, 3.05) is 11.0 Å². The van der Waals surface area contributed by atoms with Crippen molar-refractivity contribution in [3.63, 3.8) is 0 Å². The van der Waals surface area contributed by atoms with Crippen molar-refractivity contribution >= 4 is 31.6 Å². The lowest BCUT2D eigenvalue weighted by molar-refractivity contribution is 0.606. The highest BCUT2D eigenvalue weighted by Crippen LogP contribution is 2.24. The average Bonchev–Trinajstić information content (AvgIpc) is 2.65. The van der Waals surface area contributed by atoms with E-state index in [1.54, 1.807) is 0 Å². The van der Waals surface area contributed by atoms with Crippen LogP contribution in [0.5, 0.6) is 0 Å². The number of rotatable bonds is 8. The number of hydrogen-bond donors (Lipinski definition) is 2. The van der Waals surface area contributed by atoms with Gasteiger partial charge in [0.15, 0.2) is 0 Å². The number of sulfonamides is 1. The topological polar surface area (TPSA) is 58.2 Å². The van der Waals surface area contributed by atoms with Gasteiger partial charge in [-0.25, -0.2) is 8.42 Å². The van der Waals surface area contributed by atoms with Gasteiger partial charge in [0.2, 0.25) is 10.0 Å². The summed E-state index contributed by atoms with van der Waals surface area (Å²) >= 11 is 3.56. The van der Waals surface area contributed by atoms with Gasteiger partial charge in [0.05, 0.1) is 11.9 Å². The van der Waals surface area contributed by atoms with Gasteiger partial charge in [-0.15, -0.1) is 0 Å². The molecule has 0 aliphatic heterocycles. The first-order valence-corrected chi connectivity index (χ1v) is 11.7. The summed E-state index contributed by atoms with van der Waals surface area (Å²) in [5.74, 6) is 0. The second kappa shape index (κ2) is 9.37. The van der Waals surface area contributed by atoms with Gasteiger partial charge in [-0.05, 0) is 40.8 Å². The first-order valence-electron chi connectivity index (χ1n) is 8.99. The zero-order chi connectivity index (χ0) is 20.0. The van der Waals surface area contributed by atoms with Crippen molar-refractivity contribution in [2.24, 2.45) is 0 Å². The second-order valence-electron chi connectivity index (χ2n) is 6.67. The molecule has 0 aliphatic rings. The van der Waals surface area contributed by atoms with Gasteiger partial charge in [0.25, 0.3) is 0 Å². The largest absolute Gasteiger partial charge is 0.308 e. The quantitative estimate of drug-likeness (QED) is 0.514. The summed E-state index contributed by atoms with van der Waals surface area (Å²) in [6, 6.07) is 24.0. The Hall–Kier alpha value is -2.15. The minimum atomic E-state index is -3.36. The third-order valence-electron chi connectivity index (χ3n) is 4.38. The van der Waals surface area contributed by atoms with Crippen molar-refractivity contribution in [2.45, 2.75) is 19.5 Å². The predicted octanol–water partition coefficient (Wildman–Crippen LogP) is 4.70. The predicted molar refractivity (Wildman–Crippen MR) is 119 cm³/mol. The lowest BCUT2D eigenvalue weighted by Gasteiger charge is -2.17.